The minimum absolute atomic E-state index is 0.00755. The van der Waals surface area contributed by atoms with E-state index in [9.17, 15) is 9.59 Å². The number of benzene rings is 1. The zero-order chi connectivity index (χ0) is 13.6. The number of hydrogen-bond acceptors (Lipinski definition) is 3. The van der Waals surface area contributed by atoms with Gasteiger partial charge in [-0.15, -0.1) is 0 Å². The highest BCUT2D eigenvalue weighted by Crippen LogP contribution is 2.37. The van der Waals surface area contributed by atoms with Gasteiger partial charge < -0.3 is 15.7 Å². The van der Waals surface area contributed by atoms with Crippen LogP contribution in [0, 0.1) is 12.8 Å². The van der Waals surface area contributed by atoms with Crippen LogP contribution in [0.25, 0.3) is 0 Å². The number of carbonyl (C=O) groups is 2. The highest BCUT2D eigenvalue weighted by molar-refractivity contribution is 6.00. The smallest absolute Gasteiger partial charge is 0.307 e. The van der Waals surface area contributed by atoms with Crippen LogP contribution in [0.1, 0.15) is 29.2 Å². The summed E-state index contributed by atoms with van der Waals surface area (Å²) in [6.45, 7) is 2.48. The molecular formula is C14H16N2O3. The van der Waals surface area contributed by atoms with Gasteiger partial charge in [-0.1, -0.05) is 17.7 Å². The van der Waals surface area contributed by atoms with Gasteiger partial charge in [-0.2, -0.15) is 0 Å². The maximum absolute atomic E-state index is 11.5. The summed E-state index contributed by atoms with van der Waals surface area (Å²) < 4.78 is 0. The molecule has 1 saturated heterocycles. The summed E-state index contributed by atoms with van der Waals surface area (Å²) in [5.74, 6) is -1.10. The molecule has 2 heterocycles. The molecule has 5 heteroatoms. The molecule has 100 valence electrons. The molecule has 2 unspecified atom stereocenters. The van der Waals surface area contributed by atoms with Crippen molar-refractivity contribution in [3.8, 4) is 0 Å². The Morgan fingerprint density at radius 3 is 2.89 bits per heavy atom. The largest absolute Gasteiger partial charge is 0.481 e. The maximum atomic E-state index is 11.5. The van der Waals surface area contributed by atoms with Crippen molar-refractivity contribution in [1.29, 1.82) is 0 Å². The molecule has 2 aliphatic rings. The number of nitrogens with one attached hydrogen (secondary N) is 2. The summed E-state index contributed by atoms with van der Waals surface area (Å²) in [5, 5.41) is 15.2. The first-order valence-corrected chi connectivity index (χ1v) is 6.44. The molecule has 0 radical (unpaired) electrons. The van der Waals surface area contributed by atoms with Crippen LogP contribution in [-0.2, 0) is 16.0 Å². The molecule has 0 spiro atoms. The van der Waals surface area contributed by atoms with Crippen molar-refractivity contribution in [2.75, 3.05) is 11.9 Å². The first-order valence-electron chi connectivity index (χ1n) is 6.44. The fourth-order valence-electron chi connectivity index (χ4n) is 2.98. The average molecular weight is 260 g/mol. The molecule has 1 aromatic rings. The van der Waals surface area contributed by atoms with E-state index in [4.69, 9.17) is 5.11 Å². The summed E-state index contributed by atoms with van der Waals surface area (Å²) in [7, 11) is 0. The molecule has 0 aromatic heterocycles. The van der Waals surface area contributed by atoms with Crippen LogP contribution in [0.5, 0.6) is 0 Å². The van der Waals surface area contributed by atoms with Gasteiger partial charge in [0.1, 0.15) is 0 Å². The SMILES string of the molecule is Cc1cc2c(c(C3CC(C(=O)O)CN3)c1)NC(=O)C2. The Labute approximate surface area is 111 Å². The van der Waals surface area contributed by atoms with Crippen molar-refractivity contribution in [2.24, 2.45) is 5.92 Å². The minimum Gasteiger partial charge on any atom is -0.481 e. The highest BCUT2D eigenvalue weighted by atomic mass is 16.4. The van der Waals surface area contributed by atoms with Gasteiger partial charge in [0, 0.05) is 18.3 Å². The normalized spacial score (nSPS) is 25.2. The standard InChI is InChI=1S/C14H16N2O3/c1-7-2-8-5-12(17)16-13(8)10(3-7)11-4-9(6-15-11)14(18)19/h2-3,9,11,15H,4-6H2,1H3,(H,16,17)(H,18,19). The Hall–Kier alpha value is -1.88. The van der Waals surface area contributed by atoms with Crippen LogP contribution in [0.4, 0.5) is 5.69 Å². The van der Waals surface area contributed by atoms with Crippen molar-refractivity contribution in [2.45, 2.75) is 25.8 Å². The Morgan fingerprint density at radius 1 is 1.42 bits per heavy atom. The highest BCUT2D eigenvalue weighted by Gasteiger charge is 2.33. The molecule has 5 nitrogen and oxygen atoms in total. The van der Waals surface area contributed by atoms with E-state index >= 15 is 0 Å². The predicted molar refractivity (Wildman–Crippen MR) is 70.0 cm³/mol. The monoisotopic (exact) mass is 260 g/mol. The second-order valence-electron chi connectivity index (χ2n) is 5.34. The van der Waals surface area contributed by atoms with E-state index in [1.807, 2.05) is 19.1 Å². The Morgan fingerprint density at radius 2 is 2.21 bits per heavy atom. The van der Waals surface area contributed by atoms with Gasteiger partial charge in [-0.05, 0) is 24.5 Å². The molecule has 0 saturated carbocycles. The number of hydrogen-bond donors (Lipinski definition) is 3. The molecule has 19 heavy (non-hydrogen) atoms. The van der Waals surface area contributed by atoms with E-state index in [2.05, 4.69) is 10.6 Å². The topological polar surface area (TPSA) is 78.4 Å². The fraction of sp³-hybridized carbons (Fsp3) is 0.429. The zero-order valence-corrected chi connectivity index (χ0v) is 10.7. The van der Waals surface area contributed by atoms with Gasteiger partial charge in [-0.25, -0.2) is 0 Å². The van der Waals surface area contributed by atoms with Crippen molar-refractivity contribution >= 4 is 17.6 Å². The second-order valence-corrected chi connectivity index (χ2v) is 5.34. The lowest BCUT2D eigenvalue weighted by Crippen LogP contribution is -2.18. The summed E-state index contributed by atoms with van der Waals surface area (Å²) in [6, 6.07) is 4.06. The number of aryl methyl sites for hydroxylation is 1. The van der Waals surface area contributed by atoms with Crippen LogP contribution >= 0.6 is 0 Å². The Kier molecular flexibility index (Phi) is 2.78. The molecule has 1 fully saturated rings. The third-order valence-corrected chi connectivity index (χ3v) is 3.87. The maximum Gasteiger partial charge on any atom is 0.307 e. The Bertz CT molecular complexity index is 568. The lowest BCUT2D eigenvalue weighted by molar-refractivity contribution is -0.141. The van der Waals surface area contributed by atoms with Crippen LogP contribution in [0.15, 0.2) is 12.1 Å². The number of amides is 1. The van der Waals surface area contributed by atoms with Gasteiger partial charge in [-0.3, -0.25) is 9.59 Å². The van der Waals surface area contributed by atoms with E-state index in [1.165, 1.54) is 0 Å². The van der Waals surface area contributed by atoms with Crippen LogP contribution in [0.2, 0.25) is 0 Å². The summed E-state index contributed by atoms with van der Waals surface area (Å²) in [6.07, 6.45) is 0.986. The van der Waals surface area contributed by atoms with Crippen molar-refractivity contribution in [3.63, 3.8) is 0 Å². The van der Waals surface area contributed by atoms with E-state index in [0.717, 1.165) is 22.4 Å². The minimum atomic E-state index is -0.761. The van der Waals surface area contributed by atoms with Crippen LogP contribution in [0.3, 0.4) is 0 Å². The molecule has 1 aromatic carbocycles. The molecule has 0 bridgehead atoms. The number of rotatable bonds is 2. The quantitative estimate of drug-likeness (QED) is 0.747. The number of carboxylic acid groups (broad SMARTS) is 1. The number of anilines is 1. The van der Waals surface area contributed by atoms with E-state index in [1.54, 1.807) is 0 Å². The van der Waals surface area contributed by atoms with Gasteiger partial charge in [0.25, 0.3) is 0 Å². The molecule has 0 aliphatic carbocycles. The molecule has 1 amide bonds. The lowest BCUT2D eigenvalue weighted by Gasteiger charge is -2.16. The van der Waals surface area contributed by atoms with Crippen molar-refractivity contribution in [1.82, 2.24) is 5.32 Å². The number of carbonyl (C=O) groups excluding carboxylic acids is 1. The number of carboxylic acids is 1. The second kappa shape index (κ2) is 4.35. The average Bonchev–Trinajstić information content (AvgIpc) is 2.93. The first kappa shape index (κ1) is 12.2. The Balaban J connectivity index is 1.94. The van der Waals surface area contributed by atoms with E-state index < -0.39 is 5.97 Å². The molecule has 3 N–H and O–H groups in total. The van der Waals surface area contributed by atoms with Gasteiger partial charge in [0.2, 0.25) is 5.91 Å². The van der Waals surface area contributed by atoms with E-state index in [0.29, 0.717) is 19.4 Å². The summed E-state index contributed by atoms with van der Waals surface area (Å²) >= 11 is 0. The van der Waals surface area contributed by atoms with Crippen LogP contribution in [-0.4, -0.2) is 23.5 Å². The fourth-order valence-corrected chi connectivity index (χ4v) is 2.98. The summed E-state index contributed by atoms with van der Waals surface area (Å²) in [5.41, 5.74) is 4.01. The van der Waals surface area contributed by atoms with Gasteiger partial charge in [0.15, 0.2) is 0 Å². The first-order chi connectivity index (χ1) is 9.04. The lowest BCUT2D eigenvalue weighted by atomic mass is 9.95. The van der Waals surface area contributed by atoms with Gasteiger partial charge >= 0.3 is 5.97 Å². The van der Waals surface area contributed by atoms with Gasteiger partial charge in [0.05, 0.1) is 12.3 Å². The third kappa shape index (κ3) is 2.10. The number of aliphatic carboxylic acids is 1. The molecule has 2 aliphatic heterocycles. The molecule has 3 rings (SSSR count). The molecular weight excluding hydrogens is 244 g/mol. The summed E-state index contributed by atoms with van der Waals surface area (Å²) in [4.78, 5) is 22.5. The third-order valence-electron chi connectivity index (χ3n) is 3.87. The van der Waals surface area contributed by atoms with Crippen molar-refractivity contribution < 1.29 is 14.7 Å². The van der Waals surface area contributed by atoms with E-state index in [-0.39, 0.29) is 17.9 Å². The number of fused-ring (bicyclic) bond motifs is 1. The van der Waals surface area contributed by atoms with Crippen LogP contribution < -0.4 is 10.6 Å². The zero-order valence-electron chi connectivity index (χ0n) is 10.7. The molecule has 2 atom stereocenters. The predicted octanol–water partition coefficient (Wildman–Crippen LogP) is 1.22. The van der Waals surface area contributed by atoms with Crippen molar-refractivity contribution in [3.05, 3.63) is 28.8 Å².